The molecule has 0 fully saturated rings. The molecule has 1 aromatic carbocycles. The molecule has 0 radical (unpaired) electrons. The molecule has 1 aromatic heterocycles. The number of rotatable bonds is 6. The largest absolute Gasteiger partial charge is 0.325 e. The molecule has 0 bridgehead atoms. The minimum Gasteiger partial charge on any atom is -0.325 e. The van der Waals surface area contributed by atoms with Crippen molar-refractivity contribution in [3.8, 4) is 0 Å². The molecule has 2 rings (SSSR count). The number of carbonyl (C=O) groups is 1. The summed E-state index contributed by atoms with van der Waals surface area (Å²) < 4.78 is 37.9. The maximum atomic E-state index is 13.3. The molecule has 0 aliphatic carbocycles. The highest BCUT2D eigenvalue weighted by Gasteiger charge is 2.12. The third-order valence-corrected chi connectivity index (χ3v) is 4.50. The summed E-state index contributed by atoms with van der Waals surface area (Å²) in [5.41, 5.74) is 0.820. The van der Waals surface area contributed by atoms with E-state index in [9.17, 15) is 18.0 Å². The molecule has 118 valence electrons. The number of aryl methyl sites for hydroxylation is 1. The lowest BCUT2D eigenvalue weighted by atomic mass is 10.2. The Bertz CT molecular complexity index is 661. The average molecular weight is 346 g/mol. The van der Waals surface area contributed by atoms with Crippen molar-refractivity contribution >= 4 is 34.7 Å². The Morgan fingerprint density at radius 1 is 1.45 bits per heavy atom. The molecule has 2 aromatic rings. The fourth-order valence-electron chi connectivity index (χ4n) is 1.73. The van der Waals surface area contributed by atoms with Gasteiger partial charge in [0.15, 0.2) is 0 Å². The molecule has 22 heavy (non-hydrogen) atoms. The Balaban J connectivity index is 2.06. The molecular weight excluding hydrogens is 333 g/mol. The number of nitrogens with zero attached hydrogens (tertiary/aromatic N) is 1. The van der Waals surface area contributed by atoms with E-state index in [0.29, 0.717) is 10.6 Å². The summed E-state index contributed by atoms with van der Waals surface area (Å²) >= 11 is 2.30. The SMILES string of the molecule is Cc1nc(CC(=O)Nc2cc(F)ccc2SCC(F)F)cs1. The second-order valence-corrected chi connectivity index (χ2v) is 6.55. The predicted molar refractivity (Wildman–Crippen MR) is 82.3 cm³/mol. The van der Waals surface area contributed by atoms with Crippen LogP contribution < -0.4 is 5.32 Å². The van der Waals surface area contributed by atoms with Crippen molar-refractivity contribution in [2.24, 2.45) is 0 Å². The number of carbonyl (C=O) groups excluding carboxylic acids is 1. The number of hydrogen-bond acceptors (Lipinski definition) is 4. The summed E-state index contributed by atoms with van der Waals surface area (Å²) in [6.07, 6.45) is -2.42. The molecule has 0 saturated carbocycles. The van der Waals surface area contributed by atoms with E-state index >= 15 is 0 Å². The maximum absolute atomic E-state index is 13.3. The number of hydrogen-bond donors (Lipinski definition) is 1. The number of alkyl halides is 2. The number of halogens is 3. The third kappa shape index (κ3) is 5.03. The predicted octanol–water partition coefficient (Wildman–Crippen LogP) is 4.13. The number of aromatic nitrogens is 1. The van der Waals surface area contributed by atoms with Gasteiger partial charge in [-0.1, -0.05) is 0 Å². The van der Waals surface area contributed by atoms with Crippen molar-refractivity contribution in [1.82, 2.24) is 4.98 Å². The van der Waals surface area contributed by atoms with E-state index in [1.807, 2.05) is 6.92 Å². The molecule has 0 aliphatic heterocycles. The topological polar surface area (TPSA) is 42.0 Å². The lowest BCUT2D eigenvalue weighted by Gasteiger charge is -2.10. The van der Waals surface area contributed by atoms with E-state index in [1.165, 1.54) is 23.5 Å². The Kier molecular flexibility index (Phi) is 5.84. The molecule has 0 unspecified atom stereocenters. The first-order valence-electron chi connectivity index (χ1n) is 6.35. The smallest absolute Gasteiger partial charge is 0.247 e. The van der Waals surface area contributed by atoms with Crippen molar-refractivity contribution in [3.63, 3.8) is 0 Å². The van der Waals surface area contributed by atoms with E-state index in [2.05, 4.69) is 10.3 Å². The van der Waals surface area contributed by atoms with Crippen LogP contribution in [0, 0.1) is 12.7 Å². The number of thiazole rings is 1. The van der Waals surface area contributed by atoms with Crippen LogP contribution in [0.25, 0.3) is 0 Å². The number of nitrogens with one attached hydrogen (secondary N) is 1. The maximum Gasteiger partial charge on any atom is 0.247 e. The zero-order valence-electron chi connectivity index (χ0n) is 11.6. The van der Waals surface area contributed by atoms with Crippen LogP contribution >= 0.6 is 23.1 Å². The zero-order chi connectivity index (χ0) is 16.1. The van der Waals surface area contributed by atoms with Crippen LogP contribution in [-0.4, -0.2) is 23.1 Å². The molecule has 1 amide bonds. The minimum atomic E-state index is -2.48. The van der Waals surface area contributed by atoms with Gasteiger partial charge in [0.1, 0.15) is 5.82 Å². The van der Waals surface area contributed by atoms with E-state index in [4.69, 9.17) is 0 Å². The van der Waals surface area contributed by atoms with E-state index in [0.717, 1.165) is 22.8 Å². The molecule has 8 heteroatoms. The molecule has 0 atom stereocenters. The van der Waals surface area contributed by atoms with Crippen LogP contribution in [0.1, 0.15) is 10.7 Å². The molecule has 0 aliphatic rings. The standard InChI is InChI=1S/C14H13F3N2OS2/c1-8-18-10(6-21-8)5-14(20)19-11-4-9(15)2-3-12(11)22-7-13(16)17/h2-4,6,13H,5,7H2,1H3,(H,19,20). The highest BCUT2D eigenvalue weighted by Crippen LogP contribution is 2.29. The van der Waals surface area contributed by atoms with E-state index < -0.39 is 18.0 Å². The minimum absolute atomic E-state index is 0.0554. The van der Waals surface area contributed by atoms with Gasteiger partial charge in [0, 0.05) is 10.3 Å². The zero-order valence-corrected chi connectivity index (χ0v) is 13.2. The summed E-state index contributed by atoms with van der Waals surface area (Å²) in [4.78, 5) is 16.5. The van der Waals surface area contributed by atoms with Crippen molar-refractivity contribution in [2.45, 2.75) is 24.7 Å². The summed E-state index contributed by atoms with van der Waals surface area (Å²) in [5, 5.41) is 5.17. The summed E-state index contributed by atoms with van der Waals surface area (Å²) in [6.45, 7) is 1.83. The third-order valence-electron chi connectivity index (χ3n) is 2.59. The Morgan fingerprint density at radius 3 is 2.86 bits per heavy atom. The van der Waals surface area contributed by atoms with Gasteiger partial charge in [-0.05, 0) is 25.1 Å². The highest BCUT2D eigenvalue weighted by atomic mass is 32.2. The van der Waals surface area contributed by atoms with E-state index in [1.54, 1.807) is 5.38 Å². The fourth-order valence-corrected chi connectivity index (χ4v) is 3.07. The first kappa shape index (κ1) is 16.8. The monoisotopic (exact) mass is 346 g/mol. The van der Waals surface area contributed by atoms with Crippen LogP contribution in [-0.2, 0) is 11.2 Å². The highest BCUT2D eigenvalue weighted by molar-refractivity contribution is 7.99. The van der Waals surface area contributed by atoms with Crippen LogP contribution in [0.3, 0.4) is 0 Å². The molecule has 3 nitrogen and oxygen atoms in total. The average Bonchev–Trinajstić information content (AvgIpc) is 2.82. The summed E-state index contributed by atoms with van der Waals surface area (Å²) in [5.74, 6) is -1.32. The van der Waals surface area contributed by atoms with Gasteiger partial charge < -0.3 is 5.32 Å². The normalized spacial score (nSPS) is 11.0. The Morgan fingerprint density at radius 2 is 2.23 bits per heavy atom. The molecule has 1 heterocycles. The lowest BCUT2D eigenvalue weighted by molar-refractivity contribution is -0.115. The molecule has 0 spiro atoms. The molecule has 1 N–H and O–H groups in total. The van der Waals surface area contributed by atoms with Crippen LogP contribution in [0.15, 0.2) is 28.5 Å². The van der Waals surface area contributed by atoms with Gasteiger partial charge in [-0.25, -0.2) is 18.2 Å². The fraction of sp³-hybridized carbons (Fsp3) is 0.286. The molecular formula is C14H13F3N2OS2. The molecule has 0 saturated heterocycles. The number of thioether (sulfide) groups is 1. The Hall–Kier alpha value is -1.54. The van der Waals surface area contributed by atoms with Crippen LogP contribution in [0.2, 0.25) is 0 Å². The first-order valence-corrected chi connectivity index (χ1v) is 8.22. The number of benzene rings is 1. The summed E-state index contributed by atoms with van der Waals surface area (Å²) in [7, 11) is 0. The quantitative estimate of drug-likeness (QED) is 0.800. The van der Waals surface area contributed by atoms with Gasteiger partial charge in [0.05, 0.1) is 28.6 Å². The van der Waals surface area contributed by atoms with Crippen molar-refractivity contribution in [3.05, 3.63) is 40.1 Å². The van der Waals surface area contributed by atoms with Gasteiger partial charge in [0.25, 0.3) is 0 Å². The number of anilines is 1. The first-order chi connectivity index (χ1) is 10.4. The number of amides is 1. The van der Waals surface area contributed by atoms with Gasteiger partial charge in [-0.2, -0.15) is 0 Å². The van der Waals surface area contributed by atoms with Crippen molar-refractivity contribution in [2.75, 3.05) is 11.1 Å². The van der Waals surface area contributed by atoms with Crippen LogP contribution in [0.4, 0.5) is 18.9 Å². The van der Waals surface area contributed by atoms with Crippen LogP contribution in [0.5, 0.6) is 0 Å². The van der Waals surface area contributed by atoms with Gasteiger partial charge >= 0.3 is 0 Å². The second kappa shape index (κ2) is 7.64. The van der Waals surface area contributed by atoms with Gasteiger partial charge in [-0.15, -0.1) is 23.1 Å². The van der Waals surface area contributed by atoms with Gasteiger partial charge in [0.2, 0.25) is 12.3 Å². The van der Waals surface area contributed by atoms with Crippen molar-refractivity contribution in [1.29, 1.82) is 0 Å². The second-order valence-electron chi connectivity index (χ2n) is 4.43. The lowest BCUT2D eigenvalue weighted by Crippen LogP contribution is -2.15. The van der Waals surface area contributed by atoms with Gasteiger partial charge in [-0.3, -0.25) is 4.79 Å². The Labute approximate surface area is 134 Å². The van der Waals surface area contributed by atoms with E-state index in [-0.39, 0.29) is 18.0 Å². The van der Waals surface area contributed by atoms with Crippen molar-refractivity contribution < 1.29 is 18.0 Å². The summed E-state index contributed by atoms with van der Waals surface area (Å²) in [6, 6.07) is 3.68.